The van der Waals surface area contributed by atoms with Crippen molar-refractivity contribution in [2.75, 3.05) is 6.54 Å². The summed E-state index contributed by atoms with van der Waals surface area (Å²) in [5, 5.41) is 22.7. The van der Waals surface area contributed by atoms with Gasteiger partial charge in [-0.15, -0.1) is 0 Å². The Bertz CT molecular complexity index is 358. The molecule has 3 heteroatoms. The molecule has 88 valence electrons. The van der Waals surface area contributed by atoms with Gasteiger partial charge in [0.15, 0.2) is 0 Å². The third-order valence-electron chi connectivity index (χ3n) is 3.46. The Balaban J connectivity index is 1.99. The molecular formula is C13H19NO2. The van der Waals surface area contributed by atoms with Crippen LogP contribution in [0.25, 0.3) is 0 Å². The van der Waals surface area contributed by atoms with Crippen molar-refractivity contribution < 1.29 is 10.2 Å². The summed E-state index contributed by atoms with van der Waals surface area (Å²) < 4.78 is 0. The van der Waals surface area contributed by atoms with Crippen LogP contribution in [0, 0.1) is 11.8 Å². The maximum Gasteiger partial charge on any atom is 0.124 e. The van der Waals surface area contributed by atoms with Gasteiger partial charge in [0.2, 0.25) is 0 Å². The largest absolute Gasteiger partial charge is 0.507 e. The van der Waals surface area contributed by atoms with Gasteiger partial charge in [-0.25, -0.2) is 0 Å². The highest BCUT2D eigenvalue weighted by atomic mass is 16.3. The summed E-state index contributed by atoms with van der Waals surface area (Å²) in [6, 6.07) is 4.83. The maximum atomic E-state index is 9.69. The first-order chi connectivity index (χ1) is 7.59. The summed E-state index contributed by atoms with van der Waals surface area (Å²) in [5.41, 5.74) is 0.593. The Morgan fingerprint density at radius 1 is 1.38 bits per heavy atom. The number of aromatic hydroxyl groups is 2. The van der Waals surface area contributed by atoms with E-state index >= 15 is 0 Å². The summed E-state index contributed by atoms with van der Waals surface area (Å²) >= 11 is 0. The maximum absolute atomic E-state index is 9.69. The van der Waals surface area contributed by atoms with E-state index in [-0.39, 0.29) is 17.5 Å². The van der Waals surface area contributed by atoms with Crippen molar-refractivity contribution in [3.05, 3.63) is 23.8 Å². The first kappa shape index (κ1) is 11.3. The molecular weight excluding hydrogens is 202 g/mol. The minimum atomic E-state index is -0.0194. The number of hydrogen-bond acceptors (Lipinski definition) is 3. The zero-order valence-corrected chi connectivity index (χ0v) is 9.77. The molecule has 0 radical (unpaired) electrons. The summed E-state index contributed by atoms with van der Waals surface area (Å²) in [5.74, 6) is 1.89. The van der Waals surface area contributed by atoms with Crippen LogP contribution < -0.4 is 5.32 Å². The molecule has 1 aromatic carbocycles. The second-order valence-corrected chi connectivity index (χ2v) is 4.81. The van der Waals surface area contributed by atoms with Crippen molar-refractivity contribution >= 4 is 0 Å². The molecule has 0 saturated heterocycles. The second-order valence-electron chi connectivity index (χ2n) is 4.81. The number of benzene rings is 1. The Morgan fingerprint density at radius 2 is 1.94 bits per heavy atom. The lowest BCUT2D eigenvalue weighted by Gasteiger charge is -2.16. The molecule has 3 unspecified atom stereocenters. The highest BCUT2D eigenvalue weighted by Gasteiger charge is 2.32. The molecule has 0 heterocycles. The lowest BCUT2D eigenvalue weighted by atomic mass is 10.1. The molecule has 16 heavy (non-hydrogen) atoms. The van der Waals surface area contributed by atoms with Crippen molar-refractivity contribution in [3.8, 4) is 11.5 Å². The van der Waals surface area contributed by atoms with E-state index < -0.39 is 0 Å². The quantitative estimate of drug-likeness (QED) is 0.731. The molecule has 1 aliphatic carbocycles. The Kier molecular flexibility index (Phi) is 3.06. The van der Waals surface area contributed by atoms with Gasteiger partial charge in [-0.1, -0.05) is 13.0 Å². The lowest BCUT2D eigenvalue weighted by Crippen LogP contribution is -2.21. The fourth-order valence-electron chi connectivity index (χ4n) is 2.10. The normalized spacial score (nSPS) is 25.4. The zero-order valence-electron chi connectivity index (χ0n) is 9.77. The summed E-state index contributed by atoms with van der Waals surface area (Å²) in [4.78, 5) is 0. The van der Waals surface area contributed by atoms with E-state index in [2.05, 4.69) is 12.2 Å². The Labute approximate surface area is 96.1 Å². The lowest BCUT2D eigenvalue weighted by molar-refractivity contribution is 0.416. The summed E-state index contributed by atoms with van der Waals surface area (Å²) in [6.45, 7) is 5.16. The zero-order chi connectivity index (χ0) is 11.7. The number of hydrogen-bond donors (Lipinski definition) is 3. The van der Waals surface area contributed by atoms with Crippen LogP contribution in [-0.2, 0) is 0 Å². The van der Waals surface area contributed by atoms with Crippen LogP contribution in [0.3, 0.4) is 0 Å². The third kappa shape index (κ3) is 2.30. The molecule has 0 spiro atoms. The van der Waals surface area contributed by atoms with E-state index in [0.717, 1.165) is 18.4 Å². The SMILES string of the molecule is CC(NCC1CC1C)c1c(O)cccc1O. The van der Waals surface area contributed by atoms with Crippen molar-refractivity contribution in [3.63, 3.8) is 0 Å². The van der Waals surface area contributed by atoms with E-state index in [1.807, 2.05) is 6.92 Å². The van der Waals surface area contributed by atoms with Gasteiger partial charge in [-0.3, -0.25) is 0 Å². The van der Waals surface area contributed by atoms with E-state index in [9.17, 15) is 10.2 Å². The van der Waals surface area contributed by atoms with Crippen LogP contribution in [0.2, 0.25) is 0 Å². The smallest absolute Gasteiger partial charge is 0.124 e. The molecule has 1 fully saturated rings. The van der Waals surface area contributed by atoms with Crippen molar-refractivity contribution in [1.29, 1.82) is 0 Å². The standard InChI is InChI=1S/C13H19NO2/c1-8-6-10(8)7-14-9(2)13-11(15)4-3-5-12(13)16/h3-5,8-10,14-16H,6-7H2,1-2H3. The van der Waals surface area contributed by atoms with Gasteiger partial charge in [0, 0.05) is 6.04 Å². The van der Waals surface area contributed by atoms with Crippen molar-refractivity contribution in [2.45, 2.75) is 26.3 Å². The predicted octanol–water partition coefficient (Wildman–Crippen LogP) is 2.40. The topological polar surface area (TPSA) is 52.5 Å². The van der Waals surface area contributed by atoms with Crippen LogP contribution in [-0.4, -0.2) is 16.8 Å². The number of rotatable bonds is 4. The number of phenolic OH excluding ortho intramolecular Hbond substituents is 2. The molecule has 3 atom stereocenters. The third-order valence-corrected chi connectivity index (χ3v) is 3.46. The molecule has 3 N–H and O–H groups in total. The fourth-order valence-corrected chi connectivity index (χ4v) is 2.10. The molecule has 1 saturated carbocycles. The Hall–Kier alpha value is -1.22. The van der Waals surface area contributed by atoms with Gasteiger partial charge in [0.05, 0.1) is 5.56 Å². The van der Waals surface area contributed by atoms with Gasteiger partial charge < -0.3 is 15.5 Å². The van der Waals surface area contributed by atoms with Crippen LogP contribution in [0.15, 0.2) is 18.2 Å². The van der Waals surface area contributed by atoms with Gasteiger partial charge in [0.1, 0.15) is 11.5 Å². The van der Waals surface area contributed by atoms with E-state index in [1.165, 1.54) is 6.42 Å². The summed E-state index contributed by atoms with van der Waals surface area (Å²) in [6.07, 6.45) is 1.28. The van der Waals surface area contributed by atoms with Crippen LogP contribution in [0.1, 0.15) is 31.9 Å². The monoisotopic (exact) mass is 221 g/mol. The van der Waals surface area contributed by atoms with E-state index in [0.29, 0.717) is 5.56 Å². The Morgan fingerprint density at radius 3 is 2.44 bits per heavy atom. The van der Waals surface area contributed by atoms with Gasteiger partial charge >= 0.3 is 0 Å². The summed E-state index contributed by atoms with van der Waals surface area (Å²) in [7, 11) is 0. The number of nitrogens with one attached hydrogen (secondary N) is 1. The van der Waals surface area contributed by atoms with Gasteiger partial charge in [0.25, 0.3) is 0 Å². The van der Waals surface area contributed by atoms with Crippen LogP contribution in [0.5, 0.6) is 11.5 Å². The molecule has 1 aromatic rings. The second kappa shape index (κ2) is 4.34. The molecule has 1 aliphatic rings. The average molecular weight is 221 g/mol. The molecule has 3 nitrogen and oxygen atoms in total. The molecule has 0 aliphatic heterocycles. The average Bonchev–Trinajstić information content (AvgIpc) is 2.91. The van der Waals surface area contributed by atoms with Crippen molar-refractivity contribution in [1.82, 2.24) is 5.32 Å². The minimum Gasteiger partial charge on any atom is -0.507 e. The van der Waals surface area contributed by atoms with Crippen molar-refractivity contribution in [2.24, 2.45) is 11.8 Å². The van der Waals surface area contributed by atoms with Gasteiger partial charge in [-0.05, 0) is 43.9 Å². The predicted molar refractivity (Wildman–Crippen MR) is 63.5 cm³/mol. The van der Waals surface area contributed by atoms with Crippen LogP contribution >= 0.6 is 0 Å². The van der Waals surface area contributed by atoms with E-state index in [1.54, 1.807) is 18.2 Å². The highest BCUT2D eigenvalue weighted by molar-refractivity contribution is 5.44. The number of phenols is 2. The van der Waals surface area contributed by atoms with E-state index in [4.69, 9.17) is 0 Å². The first-order valence-electron chi connectivity index (χ1n) is 5.83. The molecule has 0 bridgehead atoms. The first-order valence-corrected chi connectivity index (χ1v) is 5.83. The van der Waals surface area contributed by atoms with Crippen LogP contribution in [0.4, 0.5) is 0 Å². The molecule has 2 rings (SSSR count). The highest BCUT2D eigenvalue weighted by Crippen LogP contribution is 2.38. The molecule has 0 amide bonds. The minimum absolute atomic E-state index is 0.0194. The fraction of sp³-hybridized carbons (Fsp3) is 0.538. The molecule has 0 aromatic heterocycles. The van der Waals surface area contributed by atoms with Gasteiger partial charge in [-0.2, -0.15) is 0 Å².